The summed E-state index contributed by atoms with van der Waals surface area (Å²) in [6, 6.07) is 10.2. The lowest BCUT2D eigenvalue weighted by molar-refractivity contribution is 0.0533. The molecule has 0 spiro atoms. The molecule has 0 radical (unpaired) electrons. The molecule has 2 aromatic rings. The highest BCUT2D eigenvalue weighted by Gasteiger charge is 2.43. The van der Waals surface area contributed by atoms with Gasteiger partial charge in [0.1, 0.15) is 17.9 Å². The molecule has 4 rings (SSSR count). The van der Waals surface area contributed by atoms with Gasteiger partial charge >= 0.3 is 5.97 Å². The van der Waals surface area contributed by atoms with E-state index >= 15 is 0 Å². The number of methoxy groups -OCH3 is 1. The molecule has 0 unspecified atom stereocenters. The van der Waals surface area contributed by atoms with Gasteiger partial charge < -0.3 is 9.47 Å². The fraction of sp³-hybridized carbons (Fsp3) is 0.118. The lowest BCUT2D eigenvalue weighted by Gasteiger charge is -2.13. The van der Waals surface area contributed by atoms with Crippen molar-refractivity contribution in [2.24, 2.45) is 0 Å². The minimum atomic E-state index is -0.543. The third-order valence-corrected chi connectivity index (χ3v) is 4.00. The van der Waals surface area contributed by atoms with E-state index in [1.54, 1.807) is 36.4 Å². The zero-order valence-electron chi connectivity index (χ0n) is 12.2. The molecule has 0 atom stereocenters. The first-order chi connectivity index (χ1) is 11.1. The summed E-state index contributed by atoms with van der Waals surface area (Å²) in [5.41, 5.74) is 1.60. The minimum absolute atomic E-state index is 0.0740. The van der Waals surface area contributed by atoms with Crippen molar-refractivity contribution in [3.8, 4) is 5.75 Å². The molecule has 0 fully saturated rings. The molecule has 114 valence electrons. The van der Waals surface area contributed by atoms with Gasteiger partial charge in [-0.05, 0) is 18.2 Å². The monoisotopic (exact) mass is 309 g/mol. The Hall–Kier alpha value is -3.15. The molecule has 2 aliphatic rings. The zero-order valence-corrected chi connectivity index (χ0v) is 12.2. The van der Waals surface area contributed by atoms with Crippen LogP contribution >= 0.6 is 0 Å². The highest BCUT2D eigenvalue weighted by molar-refractivity contribution is 6.36. The number of carbonyl (C=O) groups is 3. The Balaban J connectivity index is 1.94. The van der Waals surface area contributed by atoms with E-state index in [1.807, 2.05) is 0 Å². The smallest absolute Gasteiger partial charge is 0.342 e. The van der Waals surface area contributed by atoms with Crippen molar-refractivity contribution in [3.63, 3.8) is 0 Å². The Kier molecular flexibility index (Phi) is 2.74. The fourth-order valence-electron chi connectivity index (χ4n) is 2.99. The fourth-order valence-corrected chi connectivity index (χ4v) is 2.99. The lowest BCUT2D eigenvalue weighted by Crippen LogP contribution is -2.29. The molecule has 0 aliphatic carbocycles. The molecule has 2 aromatic carbocycles. The lowest BCUT2D eigenvalue weighted by atomic mass is 9.99. The Bertz CT molecular complexity index is 872. The number of ether oxygens (including phenoxy) is 2. The predicted octanol–water partition coefficient (Wildman–Crippen LogP) is 2.17. The molecule has 0 bridgehead atoms. The number of hydrogen-bond acceptors (Lipinski definition) is 5. The Labute approximate surface area is 131 Å². The van der Waals surface area contributed by atoms with E-state index in [0.717, 1.165) is 4.90 Å². The third-order valence-electron chi connectivity index (χ3n) is 4.00. The molecule has 2 aliphatic heterocycles. The number of benzene rings is 2. The highest BCUT2D eigenvalue weighted by Crippen LogP contribution is 2.40. The minimum Gasteiger partial charge on any atom is -0.495 e. The first kappa shape index (κ1) is 13.5. The molecule has 0 saturated carbocycles. The number of fused-ring (bicyclic) bond motifs is 2. The summed E-state index contributed by atoms with van der Waals surface area (Å²) < 4.78 is 10.2. The van der Waals surface area contributed by atoms with Gasteiger partial charge in [-0.25, -0.2) is 9.69 Å². The van der Waals surface area contributed by atoms with Crippen LogP contribution in [0.15, 0.2) is 36.4 Å². The Morgan fingerprint density at radius 1 is 1.04 bits per heavy atom. The maximum absolute atomic E-state index is 12.8. The van der Waals surface area contributed by atoms with Gasteiger partial charge in [-0.2, -0.15) is 0 Å². The van der Waals surface area contributed by atoms with Crippen molar-refractivity contribution in [1.82, 2.24) is 0 Å². The van der Waals surface area contributed by atoms with Crippen LogP contribution in [0.5, 0.6) is 5.75 Å². The van der Waals surface area contributed by atoms with Crippen molar-refractivity contribution >= 4 is 23.5 Å². The zero-order chi connectivity index (χ0) is 16.1. The van der Waals surface area contributed by atoms with Crippen LogP contribution in [-0.4, -0.2) is 24.9 Å². The van der Waals surface area contributed by atoms with E-state index in [4.69, 9.17) is 9.47 Å². The standard InChI is InChI=1S/C17H11NO5/c1-22-14-12-9(8-23-17(12)21)7-11-13(14)16(20)18(15(11)19)10-5-3-2-4-6-10/h2-7H,8H2,1H3. The summed E-state index contributed by atoms with van der Waals surface area (Å²) in [4.78, 5) is 38.4. The summed E-state index contributed by atoms with van der Waals surface area (Å²) in [7, 11) is 1.37. The van der Waals surface area contributed by atoms with Crippen molar-refractivity contribution in [2.75, 3.05) is 12.0 Å². The van der Waals surface area contributed by atoms with Crippen LogP contribution in [0.2, 0.25) is 0 Å². The number of cyclic esters (lactones) is 1. The number of rotatable bonds is 2. The number of amides is 2. The summed E-state index contributed by atoms with van der Waals surface area (Å²) >= 11 is 0. The van der Waals surface area contributed by atoms with Crippen LogP contribution in [0.1, 0.15) is 36.6 Å². The van der Waals surface area contributed by atoms with E-state index in [9.17, 15) is 14.4 Å². The Morgan fingerprint density at radius 2 is 1.78 bits per heavy atom. The quantitative estimate of drug-likeness (QED) is 0.628. The Morgan fingerprint density at radius 3 is 2.48 bits per heavy atom. The maximum atomic E-state index is 12.8. The van der Waals surface area contributed by atoms with Gasteiger partial charge in [0.2, 0.25) is 0 Å². The van der Waals surface area contributed by atoms with Crippen LogP contribution < -0.4 is 9.64 Å². The molecular weight excluding hydrogens is 298 g/mol. The van der Waals surface area contributed by atoms with Crippen LogP contribution in [0.3, 0.4) is 0 Å². The van der Waals surface area contributed by atoms with Crippen molar-refractivity contribution < 1.29 is 23.9 Å². The second-order valence-corrected chi connectivity index (χ2v) is 5.22. The first-order valence-electron chi connectivity index (χ1n) is 6.98. The predicted molar refractivity (Wildman–Crippen MR) is 79.7 cm³/mol. The van der Waals surface area contributed by atoms with Gasteiger partial charge in [0.25, 0.3) is 11.8 Å². The number of para-hydroxylation sites is 1. The molecule has 6 heteroatoms. The second-order valence-electron chi connectivity index (χ2n) is 5.22. The van der Waals surface area contributed by atoms with E-state index in [0.29, 0.717) is 11.3 Å². The van der Waals surface area contributed by atoms with Gasteiger partial charge in [-0.3, -0.25) is 9.59 Å². The second kappa shape index (κ2) is 4.67. The normalized spacial score (nSPS) is 15.5. The number of esters is 1. The van der Waals surface area contributed by atoms with Crippen LogP contribution in [0.25, 0.3) is 0 Å². The summed E-state index contributed by atoms with van der Waals surface area (Å²) in [6.07, 6.45) is 0. The van der Waals surface area contributed by atoms with Gasteiger partial charge in [-0.15, -0.1) is 0 Å². The third kappa shape index (κ3) is 1.72. The van der Waals surface area contributed by atoms with E-state index < -0.39 is 17.8 Å². The molecule has 6 nitrogen and oxygen atoms in total. The molecule has 2 amide bonds. The number of nitrogens with zero attached hydrogens (tertiary/aromatic N) is 1. The SMILES string of the molecule is COc1c2c(cc3c1C(=O)N(c1ccccc1)C3=O)COC2=O. The molecule has 0 N–H and O–H groups in total. The van der Waals surface area contributed by atoms with E-state index in [1.165, 1.54) is 7.11 Å². The van der Waals surface area contributed by atoms with E-state index in [2.05, 4.69) is 0 Å². The average molecular weight is 309 g/mol. The van der Waals surface area contributed by atoms with Crippen LogP contribution in [0.4, 0.5) is 5.69 Å². The largest absolute Gasteiger partial charge is 0.495 e. The van der Waals surface area contributed by atoms with Crippen molar-refractivity contribution in [3.05, 3.63) is 58.7 Å². The molecule has 0 aromatic heterocycles. The molecule has 23 heavy (non-hydrogen) atoms. The van der Waals surface area contributed by atoms with Gasteiger partial charge in [0.05, 0.1) is 23.9 Å². The van der Waals surface area contributed by atoms with Gasteiger partial charge in [0, 0.05) is 5.56 Å². The summed E-state index contributed by atoms with van der Waals surface area (Å²) in [6.45, 7) is 0.0740. The summed E-state index contributed by atoms with van der Waals surface area (Å²) in [5, 5.41) is 0. The molecule has 2 heterocycles. The topological polar surface area (TPSA) is 72.9 Å². The van der Waals surface area contributed by atoms with E-state index in [-0.39, 0.29) is 29.0 Å². The number of imide groups is 1. The molecular formula is C17H11NO5. The molecule has 0 saturated heterocycles. The number of anilines is 1. The number of hydrogen-bond donors (Lipinski definition) is 0. The average Bonchev–Trinajstić information content (AvgIpc) is 3.06. The summed E-state index contributed by atoms with van der Waals surface area (Å²) in [5.74, 6) is -1.37. The van der Waals surface area contributed by atoms with Gasteiger partial charge in [0.15, 0.2) is 0 Å². The van der Waals surface area contributed by atoms with Crippen molar-refractivity contribution in [1.29, 1.82) is 0 Å². The first-order valence-corrected chi connectivity index (χ1v) is 6.98. The van der Waals surface area contributed by atoms with Crippen molar-refractivity contribution in [2.45, 2.75) is 6.61 Å². The van der Waals surface area contributed by atoms with Crippen LogP contribution in [0, 0.1) is 0 Å². The highest BCUT2D eigenvalue weighted by atomic mass is 16.5. The maximum Gasteiger partial charge on any atom is 0.342 e. The van der Waals surface area contributed by atoms with Gasteiger partial charge in [-0.1, -0.05) is 18.2 Å². The number of carbonyl (C=O) groups excluding carboxylic acids is 3. The van der Waals surface area contributed by atoms with Crippen LogP contribution in [-0.2, 0) is 11.3 Å².